The summed E-state index contributed by atoms with van der Waals surface area (Å²) in [7, 11) is 0. The lowest BCUT2D eigenvalue weighted by molar-refractivity contribution is -0.384. The van der Waals surface area contributed by atoms with E-state index in [-0.39, 0.29) is 16.2 Å². The molecule has 0 bridgehead atoms. The summed E-state index contributed by atoms with van der Waals surface area (Å²) in [5.74, 6) is 0. The number of non-ortho nitro benzene ring substituents is 1. The lowest BCUT2D eigenvalue weighted by Gasteiger charge is -2.40. The number of nitrogens with zero attached hydrogens (tertiary/aromatic N) is 2. The van der Waals surface area contributed by atoms with Crippen LogP contribution in [0.15, 0.2) is 24.3 Å². The van der Waals surface area contributed by atoms with Crippen molar-refractivity contribution < 1.29 is 14.4 Å². The highest BCUT2D eigenvalue weighted by Crippen LogP contribution is 2.30. The average molecular weight is 264 g/mol. The van der Waals surface area contributed by atoms with E-state index in [1.807, 2.05) is 0 Å². The molecule has 2 heterocycles. The van der Waals surface area contributed by atoms with Crippen molar-refractivity contribution in [2.45, 2.75) is 12.0 Å². The number of ether oxygens (including phenoxy) is 2. The number of rotatable bonds is 2. The van der Waals surface area contributed by atoms with Crippen molar-refractivity contribution in [3.8, 4) is 0 Å². The Kier molecular flexibility index (Phi) is 3.12. The molecule has 6 nitrogen and oxygen atoms in total. The first kappa shape index (κ1) is 12.4. The van der Waals surface area contributed by atoms with Crippen molar-refractivity contribution >= 4 is 11.4 Å². The second-order valence-corrected chi connectivity index (χ2v) is 5.03. The molecule has 0 N–H and O–H groups in total. The Balaban J connectivity index is 1.76. The first-order valence-corrected chi connectivity index (χ1v) is 6.40. The zero-order chi connectivity index (χ0) is 13.3. The Hall–Kier alpha value is -1.66. The zero-order valence-corrected chi connectivity index (χ0v) is 10.6. The highest BCUT2D eigenvalue weighted by atomic mass is 16.6. The molecule has 0 amide bonds. The number of hydrogen-bond acceptors (Lipinski definition) is 5. The van der Waals surface area contributed by atoms with Gasteiger partial charge in [-0.15, -0.1) is 0 Å². The molecular formula is C13H16N2O4. The smallest absolute Gasteiger partial charge is 0.269 e. The van der Waals surface area contributed by atoms with Gasteiger partial charge in [0.05, 0.1) is 18.1 Å². The van der Waals surface area contributed by atoms with Gasteiger partial charge in [-0.05, 0) is 12.1 Å². The van der Waals surface area contributed by atoms with Gasteiger partial charge in [0.25, 0.3) is 5.69 Å². The molecule has 1 spiro atoms. The van der Waals surface area contributed by atoms with Crippen LogP contribution >= 0.6 is 0 Å². The van der Waals surface area contributed by atoms with Crippen LogP contribution in [-0.2, 0) is 9.47 Å². The molecule has 102 valence electrons. The normalized spacial score (nSPS) is 26.8. The third-order valence-electron chi connectivity index (χ3n) is 3.74. The van der Waals surface area contributed by atoms with Gasteiger partial charge in [0.2, 0.25) is 0 Å². The minimum atomic E-state index is -0.380. The third kappa shape index (κ3) is 2.41. The van der Waals surface area contributed by atoms with Crippen LogP contribution in [-0.4, -0.2) is 43.4 Å². The van der Waals surface area contributed by atoms with Crippen molar-refractivity contribution in [3.05, 3.63) is 34.4 Å². The molecule has 2 aliphatic rings. The van der Waals surface area contributed by atoms with Gasteiger partial charge in [-0.3, -0.25) is 10.1 Å². The Morgan fingerprint density at radius 2 is 2.05 bits per heavy atom. The molecule has 1 aromatic carbocycles. The lowest BCUT2D eigenvalue weighted by Crippen LogP contribution is -2.52. The maximum Gasteiger partial charge on any atom is 0.269 e. The summed E-state index contributed by atoms with van der Waals surface area (Å²) in [5, 5.41) is 10.6. The Morgan fingerprint density at radius 1 is 1.26 bits per heavy atom. The molecule has 0 aliphatic carbocycles. The SMILES string of the molecule is O=[N+]([O-])c1ccc(N2CCOC3(CCOC3)C2)cc1. The van der Waals surface area contributed by atoms with E-state index in [9.17, 15) is 10.1 Å². The predicted octanol–water partition coefficient (Wildman–Crippen LogP) is 1.59. The molecular weight excluding hydrogens is 248 g/mol. The molecule has 0 saturated carbocycles. The molecule has 0 radical (unpaired) electrons. The topological polar surface area (TPSA) is 64.8 Å². The summed E-state index contributed by atoms with van der Waals surface area (Å²) in [4.78, 5) is 12.5. The van der Waals surface area contributed by atoms with Crippen LogP contribution in [0, 0.1) is 10.1 Å². The minimum Gasteiger partial charge on any atom is -0.378 e. The highest BCUT2D eigenvalue weighted by Gasteiger charge is 2.40. The van der Waals surface area contributed by atoms with Crippen molar-refractivity contribution in [3.63, 3.8) is 0 Å². The van der Waals surface area contributed by atoms with Gasteiger partial charge in [0.1, 0.15) is 5.60 Å². The quantitative estimate of drug-likeness (QED) is 0.599. The van der Waals surface area contributed by atoms with Gasteiger partial charge in [-0.25, -0.2) is 0 Å². The average Bonchev–Trinajstić information content (AvgIpc) is 2.87. The molecule has 19 heavy (non-hydrogen) atoms. The summed E-state index contributed by atoms with van der Waals surface area (Å²) in [6.45, 7) is 3.63. The number of nitro benzene ring substituents is 1. The fourth-order valence-corrected chi connectivity index (χ4v) is 2.68. The molecule has 1 aromatic rings. The maximum absolute atomic E-state index is 10.6. The summed E-state index contributed by atoms with van der Waals surface area (Å²) < 4.78 is 11.3. The molecule has 1 atom stereocenters. The largest absolute Gasteiger partial charge is 0.378 e. The number of benzene rings is 1. The molecule has 1 unspecified atom stereocenters. The first-order valence-electron chi connectivity index (χ1n) is 6.40. The summed E-state index contributed by atoms with van der Waals surface area (Å²) in [6.07, 6.45) is 0.913. The van der Waals surface area contributed by atoms with Crippen molar-refractivity contribution in [1.82, 2.24) is 0 Å². The Labute approximate surface area is 111 Å². The van der Waals surface area contributed by atoms with E-state index in [0.29, 0.717) is 13.2 Å². The van der Waals surface area contributed by atoms with E-state index in [0.717, 1.165) is 31.8 Å². The second kappa shape index (κ2) is 4.79. The fourth-order valence-electron chi connectivity index (χ4n) is 2.68. The van der Waals surface area contributed by atoms with E-state index in [1.165, 1.54) is 0 Å². The second-order valence-electron chi connectivity index (χ2n) is 5.03. The number of hydrogen-bond donors (Lipinski definition) is 0. The van der Waals surface area contributed by atoms with Crippen LogP contribution in [0.2, 0.25) is 0 Å². The predicted molar refractivity (Wildman–Crippen MR) is 69.4 cm³/mol. The highest BCUT2D eigenvalue weighted by molar-refractivity contribution is 5.51. The van der Waals surface area contributed by atoms with Crippen LogP contribution in [0.5, 0.6) is 0 Å². The van der Waals surface area contributed by atoms with Crippen molar-refractivity contribution in [2.24, 2.45) is 0 Å². The number of nitro groups is 1. The Morgan fingerprint density at radius 3 is 2.68 bits per heavy atom. The van der Waals surface area contributed by atoms with Crippen molar-refractivity contribution in [1.29, 1.82) is 0 Å². The molecule has 6 heteroatoms. The van der Waals surface area contributed by atoms with Crippen LogP contribution < -0.4 is 4.90 Å². The van der Waals surface area contributed by atoms with E-state index in [4.69, 9.17) is 9.47 Å². The molecule has 2 saturated heterocycles. The fraction of sp³-hybridized carbons (Fsp3) is 0.538. The lowest BCUT2D eigenvalue weighted by atomic mass is 10.0. The van der Waals surface area contributed by atoms with Crippen LogP contribution in [0.25, 0.3) is 0 Å². The van der Waals surface area contributed by atoms with Gasteiger partial charge in [-0.2, -0.15) is 0 Å². The van der Waals surface area contributed by atoms with E-state index >= 15 is 0 Å². The van der Waals surface area contributed by atoms with E-state index in [2.05, 4.69) is 4.90 Å². The summed E-state index contributed by atoms with van der Waals surface area (Å²) >= 11 is 0. The Bertz CT molecular complexity index is 468. The van der Waals surface area contributed by atoms with Gasteiger partial charge < -0.3 is 14.4 Å². The standard InChI is InChI=1S/C13H16N2O4/c16-15(17)12-3-1-11(2-4-12)14-6-8-19-13(9-14)5-7-18-10-13/h1-4H,5-10H2. The van der Waals surface area contributed by atoms with E-state index < -0.39 is 0 Å². The monoisotopic (exact) mass is 264 g/mol. The zero-order valence-electron chi connectivity index (χ0n) is 10.6. The van der Waals surface area contributed by atoms with Crippen molar-refractivity contribution in [2.75, 3.05) is 37.8 Å². The summed E-state index contributed by atoms with van der Waals surface area (Å²) in [6, 6.07) is 6.69. The maximum atomic E-state index is 10.6. The number of anilines is 1. The molecule has 2 fully saturated rings. The van der Waals surface area contributed by atoms with Gasteiger partial charge in [-0.1, -0.05) is 0 Å². The van der Waals surface area contributed by atoms with Gasteiger partial charge in [0.15, 0.2) is 0 Å². The molecule has 3 rings (SSSR count). The van der Waals surface area contributed by atoms with Crippen LogP contribution in [0.4, 0.5) is 11.4 Å². The van der Waals surface area contributed by atoms with Gasteiger partial charge in [0, 0.05) is 43.9 Å². The minimum absolute atomic E-state index is 0.121. The third-order valence-corrected chi connectivity index (χ3v) is 3.74. The van der Waals surface area contributed by atoms with Crippen LogP contribution in [0.3, 0.4) is 0 Å². The van der Waals surface area contributed by atoms with Gasteiger partial charge >= 0.3 is 0 Å². The first-order chi connectivity index (χ1) is 9.19. The summed E-state index contributed by atoms with van der Waals surface area (Å²) in [5.41, 5.74) is 0.927. The molecule has 2 aliphatic heterocycles. The van der Waals surface area contributed by atoms with E-state index in [1.54, 1.807) is 24.3 Å². The number of morpholine rings is 1. The molecule has 0 aromatic heterocycles. The van der Waals surface area contributed by atoms with Crippen LogP contribution in [0.1, 0.15) is 6.42 Å².